The highest BCUT2D eigenvalue weighted by Crippen LogP contribution is 2.21. The van der Waals surface area contributed by atoms with E-state index in [1.807, 2.05) is 0 Å². The van der Waals surface area contributed by atoms with Crippen molar-refractivity contribution in [1.82, 2.24) is 4.98 Å². The monoisotopic (exact) mass is 196 g/mol. The summed E-state index contributed by atoms with van der Waals surface area (Å²) in [4.78, 5) is 3.23. The van der Waals surface area contributed by atoms with E-state index in [1.54, 1.807) is 0 Å². The molecule has 0 saturated heterocycles. The van der Waals surface area contributed by atoms with E-state index in [9.17, 15) is 13.2 Å². The van der Waals surface area contributed by atoms with E-state index >= 15 is 0 Å². The van der Waals surface area contributed by atoms with E-state index in [0.29, 0.717) is 0 Å². The maximum atomic E-state index is 11.6. The molecule has 0 unspecified atom stereocenters. The van der Waals surface area contributed by atoms with Crippen molar-refractivity contribution < 1.29 is 17.9 Å². The van der Waals surface area contributed by atoms with Crippen LogP contribution in [0.4, 0.5) is 13.2 Å². The normalized spacial score (nSPS) is 11.3. The summed E-state index contributed by atoms with van der Waals surface area (Å²) in [5.74, 6) is -0.591. The molecule has 1 rings (SSSR count). The molecule has 65 valence electrons. The topological polar surface area (TPSA) is 22.1 Å². The fourth-order valence-electron chi connectivity index (χ4n) is 0.523. The lowest BCUT2D eigenvalue weighted by Gasteiger charge is -2.06. The van der Waals surface area contributed by atoms with Crippen molar-refractivity contribution in [1.29, 1.82) is 0 Å². The van der Waals surface area contributed by atoms with Crippen molar-refractivity contribution in [2.45, 2.75) is 6.36 Å². The summed E-state index contributed by atoms with van der Waals surface area (Å²) in [6.07, 6.45) is -4.74. The zero-order valence-electron chi connectivity index (χ0n) is 5.52. The maximum absolute atomic E-state index is 11.6. The van der Waals surface area contributed by atoms with Gasteiger partial charge in [0.05, 0.1) is 0 Å². The van der Waals surface area contributed by atoms with Crippen LogP contribution in [0.2, 0.25) is 5.15 Å². The van der Waals surface area contributed by atoms with Crippen LogP contribution in [0.25, 0.3) is 0 Å². The molecule has 0 amide bonds. The largest absolute Gasteiger partial charge is 0.574 e. The van der Waals surface area contributed by atoms with Crippen molar-refractivity contribution in [2.75, 3.05) is 0 Å². The van der Waals surface area contributed by atoms with Gasteiger partial charge in [0.1, 0.15) is 5.15 Å². The van der Waals surface area contributed by atoms with E-state index in [2.05, 4.69) is 15.8 Å². The third-order valence-electron chi connectivity index (χ3n) is 0.857. The molecule has 1 heterocycles. The van der Waals surface area contributed by atoms with Gasteiger partial charge in [-0.25, -0.2) is 4.98 Å². The average Bonchev–Trinajstić information content (AvgIpc) is 1.82. The van der Waals surface area contributed by atoms with Gasteiger partial charge in [-0.15, -0.1) is 13.2 Å². The molecule has 2 nitrogen and oxygen atoms in total. The van der Waals surface area contributed by atoms with Crippen LogP contribution < -0.4 is 4.74 Å². The Bertz CT molecular complexity index is 276. The van der Waals surface area contributed by atoms with E-state index < -0.39 is 12.2 Å². The van der Waals surface area contributed by atoms with Gasteiger partial charge in [0.25, 0.3) is 0 Å². The Balaban J connectivity index is 2.77. The summed E-state index contributed by atoms with van der Waals surface area (Å²) in [5.41, 5.74) is 0. The second-order valence-electron chi connectivity index (χ2n) is 1.77. The second kappa shape index (κ2) is 3.18. The molecule has 6 heteroatoms. The quantitative estimate of drug-likeness (QED) is 0.644. The lowest BCUT2D eigenvalue weighted by atomic mass is 10.5. The predicted octanol–water partition coefficient (Wildman–Crippen LogP) is 2.43. The Morgan fingerprint density at radius 1 is 1.50 bits per heavy atom. The van der Waals surface area contributed by atoms with Crippen LogP contribution in [0, 0.1) is 6.07 Å². The SMILES string of the molecule is FC(F)(F)Oc1cc[c]c(Cl)n1. The van der Waals surface area contributed by atoms with Gasteiger partial charge in [-0.05, 0) is 6.07 Å². The molecule has 1 radical (unpaired) electrons. The molecule has 1 aromatic heterocycles. The van der Waals surface area contributed by atoms with Crippen LogP contribution in [0.3, 0.4) is 0 Å². The Hall–Kier alpha value is -0.970. The molecular formula is C6H2ClF3NO. The van der Waals surface area contributed by atoms with Gasteiger partial charge in [0, 0.05) is 12.1 Å². The van der Waals surface area contributed by atoms with E-state index in [0.717, 1.165) is 6.07 Å². The molecule has 0 bridgehead atoms. The van der Waals surface area contributed by atoms with E-state index in [1.165, 1.54) is 6.07 Å². The van der Waals surface area contributed by atoms with E-state index in [4.69, 9.17) is 11.6 Å². The third-order valence-corrected chi connectivity index (χ3v) is 1.05. The summed E-state index contributed by atoms with van der Waals surface area (Å²) in [5, 5.41) is -0.170. The highest BCUT2D eigenvalue weighted by atomic mass is 35.5. The number of nitrogens with zero attached hydrogens (tertiary/aromatic N) is 1. The lowest BCUT2D eigenvalue weighted by molar-refractivity contribution is -0.276. The van der Waals surface area contributed by atoms with Crippen molar-refractivity contribution in [3.63, 3.8) is 0 Å². The van der Waals surface area contributed by atoms with Crippen LogP contribution in [-0.4, -0.2) is 11.3 Å². The van der Waals surface area contributed by atoms with Crippen LogP contribution in [0.15, 0.2) is 12.1 Å². The van der Waals surface area contributed by atoms with Crippen LogP contribution in [-0.2, 0) is 0 Å². The number of aromatic nitrogens is 1. The van der Waals surface area contributed by atoms with Crippen LogP contribution in [0.1, 0.15) is 0 Å². The van der Waals surface area contributed by atoms with Crippen molar-refractivity contribution in [3.8, 4) is 5.88 Å². The van der Waals surface area contributed by atoms with Gasteiger partial charge >= 0.3 is 6.36 Å². The number of hydrogen-bond donors (Lipinski definition) is 0. The Morgan fingerprint density at radius 2 is 2.17 bits per heavy atom. The molecule has 12 heavy (non-hydrogen) atoms. The van der Waals surface area contributed by atoms with E-state index in [-0.39, 0.29) is 5.15 Å². The first-order chi connectivity index (χ1) is 5.47. The highest BCUT2D eigenvalue weighted by molar-refractivity contribution is 6.29. The number of ether oxygens (including phenoxy) is 1. The summed E-state index contributed by atoms with van der Waals surface area (Å²) in [7, 11) is 0. The first-order valence-corrected chi connectivity index (χ1v) is 3.15. The average molecular weight is 197 g/mol. The molecule has 0 saturated carbocycles. The molecule has 0 fully saturated rings. The number of rotatable bonds is 1. The molecule has 0 aliphatic carbocycles. The molecule has 0 aromatic carbocycles. The number of halogens is 4. The Morgan fingerprint density at radius 3 is 2.67 bits per heavy atom. The minimum atomic E-state index is -4.74. The number of pyridine rings is 1. The fraction of sp³-hybridized carbons (Fsp3) is 0.167. The minimum Gasteiger partial charge on any atom is -0.388 e. The molecule has 0 spiro atoms. The van der Waals surface area contributed by atoms with Crippen molar-refractivity contribution in [3.05, 3.63) is 23.4 Å². The smallest absolute Gasteiger partial charge is 0.388 e. The summed E-state index contributed by atoms with van der Waals surface area (Å²) >= 11 is 5.26. The van der Waals surface area contributed by atoms with Gasteiger partial charge in [-0.1, -0.05) is 11.6 Å². The maximum Gasteiger partial charge on any atom is 0.574 e. The number of alkyl halides is 3. The number of hydrogen-bond acceptors (Lipinski definition) is 2. The molecule has 0 atom stereocenters. The molecule has 0 aliphatic heterocycles. The van der Waals surface area contributed by atoms with Crippen LogP contribution >= 0.6 is 11.6 Å². The van der Waals surface area contributed by atoms with Gasteiger partial charge in [0.15, 0.2) is 0 Å². The van der Waals surface area contributed by atoms with Gasteiger partial charge < -0.3 is 4.74 Å². The first kappa shape index (κ1) is 9.12. The van der Waals surface area contributed by atoms with Crippen molar-refractivity contribution >= 4 is 11.6 Å². The second-order valence-corrected chi connectivity index (χ2v) is 2.12. The standard InChI is InChI=1S/C6H2ClF3NO/c7-4-2-1-3-5(11-4)12-6(8,9)10/h1,3H. The van der Waals surface area contributed by atoms with Gasteiger partial charge in [-0.2, -0.15) is 0 Å². The molecule has 0 aliphatic rings. The molecular weight excluding hydrogens is 195 g/mol. The third kappa shape index (κ3) is 2.96. The fourth-order valence-corrected chi connectivity index (χ4v) is 0.670. The lowest BCUT2D eigenvalue weighted by Crippen LogP contribution is -2.17. The Kier molecular flexibility index (Phi) is 2.42. The Labute approximate surface area is 70.9 Å². The molecule has 1 aromatic rings. The van der Waals surface area contributed by atoms with Crippen molar-refractivity contribution in [2.24, 2.45) is 0 Å². The summed E-state index contributed by atoms with van der Waals surface area (Å²) in [6, 6.07) is 4.57. The first-order valence-electron chi connectivity index (χ1n) is 2.77. The highest BCUT2D eigenvalue weighted by Gasteiger charge is 2.31. The minimum absolute atomic E-state index is 0.170. The predicted molar refractivity (Wildman–Crippen MR) is 34.8 cm³/mol. The summed E-state index contributed by atoms with van der Waals surface area (Å²) in [6.45, 7) is 0. The van der Waals surface area contributed by atoms with Gasteiger partial charge in [-0.3, -0.25) is 0 Å². The zero-order valence-corrected chi connectivity index (χ0v) is 6.28. The zero-order chi connectivity index (χ0) is 9.19. The van der Waals surface area contributed by atoms with Crippen LogP contribution in [0.5, 0.6) is 5.88 Å². The summed E-state index contributed by atoms with van der Waals surface area (Å²) < 4.78 is 38.1. The molecule has 0 N–H and O–H groups in total. The van der Waals surface area contributed by atoms with Gasteiger partial charge in [0.2, 0.25) is 5.88 Å².